The Morgan fingerprint density at radius 1 is 1.59 bits per heavy atom. The number of hydrogen-bond donors (Lipinski definition) is 0. The highest BCUT2D eigenvalue weighted by Crippen LogP contribution is 2.29. The van der Waals surface area contributed by atoms with Crippen molar-refractivity contribution < 1.29 is 18.3 Å². The summed E-state index contributed by atoms with van der Waals surface area (Å²) in [6, 6.07) is 1.20. The maximum atomic E-state index is 12.8. The molecule has 94 valence electrons. The van der Waals surface area contributed by atoms with Crippen LogP contribution in [0.15, 0.2) is 10.7 Å². The molecule has 1 heterocycles. The van der Waals surface area contributed by atoms with Crippen LogP contribution < -0.4 is 0 Å². The Morgan fingerprint density at radius 2 is 2.24 bits per heavy atom. The van der Waals surface area contributed by atoms with E-state index in [9.17, 15) is 13.6 Å². The van der Waals surface area contributed by atoms with Crippen LogP contribution in [0.3, 0.4) is 0 Å². The Morgan fingerprint density at radius 3 is 2.71 bits per heavy atom. The molecule has 1 aromatic heterocycles. The fraction of sp³-hybridized carbons (Fsp3) is 0.400. The van der Waals surface area contributed by atoms with Gasteiger partial charge in [-0.05, 0) is 28.9 Å². The summed E-state index contributed by atoms with van der Waals surface area (Å²) in [5.74, 6) is -0.704. The van der Waals surface area contributed by atoms with E-state index in [4.69, 9.17) is 4.74 Å². The molecule has 0 aromatic carbocycles. The maximum absolute atomic E-state index is 12.8. The summed E-state index contributed by atoms with van der Waals surface area (Å²) in [6.07, 6.45) is -2.67. The molecule has 0 saturated carbocycles. The highest BCUT2D eigenvalue weighted by molar-refractivity contribution is 9.10. The van der Waals surface area contributed by atoms with Crippen molar-refractivity contribution >= 4 is 37.8 Å². The van der Waals surface area contributed by atoms with Crippen molar-refractivity contribution in [1.82, 2.24) is 4.98 Å². The third kappa shape index (κ3) is 3.45. The highest BCUT2D eigenvalue weighted by Gasteiger charge is 2.22. The molecule has 1 rings (SSSR count). The zero-order valence-electron chi connectivity index (χ0n) is 8.84. The van der Waals surface area contributed by atoms with Crippen LogP contribution in [0.25, 0.3) is 0 Å². The summed E-state index contributed by atoms with van der Waals surface area (Å²) in [4.78, 5) is 15.5. The first-order chi connectivity index (χ1) is 8.01. The number of carbonyl (C=O) groups is 1. The second kappa shape index (κ2) is 6.39. The molecule has 0 radical (unpaired) electrons. The largest absolute Gasteiger partial charge is 0.461 e. The van der Waals surface area contributed by atoms with E-state index in [-0.39, 0.29) is 33.4 Å². The van der Waals surface area contributed by atoms with Crippen LogP contribution in [0, 0.1) is 0 Å². The molecule has 0 atom stereocenters. The van der Waals surface area contributed by atoms with E-state index in [0.717, 1.165) is 0 Å². The Balaban J connectivity index is 3.32. The molecule has 0 aliphatic rings. The van der Waals surface area contributed by atoms with Gasteiger partial charge >= 0.3 is 5.97 Å². The summed E-state index contributed by atoms with van der Waals surface area (Å²) in [6.45, 7) is 1.80. The zero-order valence-corrected chi connectivity index (χ0v) is 12.0. The van der Waals surface area contributed by atoms with Crippen LogP contribution in [0.1, 0.15) is 35.0 Å². The standard InChI is InChI=1S/C10H9Br2F2NO2/c1-2-17-10(16)8-6(4-11)5(9(13)14)3-7(12)15-8/h3,9H,2,4H2,1H3. The number of halogens is 4. The minimum atomic E-state index is -2.67. The number of ether oxygens (including phenoxy) is 1. The fourth-order valence-electron chi connectivity index (χ4n) is 1.26. The van der Waals surface area contributed by atoms with Gasteiger partial charge in [-0.1, -0.05) is 15.9 Å². The first-order valence-electron chi connectivity index (χ1n) is 4.71. The second-order valence-electron chi connectivity index (χ2n) is 3.02. The van der Waals surface area contributed by atoms with Crippen molar-refractivity contribution in [3.05, 3.63) is 27.5 Å². The predicted octanol–water partition coefficient (Wildman–Crippen LogP) is 3.85. The van der Waals surface area contributed by atoms with Crippen LogP contribution in [-0.2, 0) is 10.1 Å². The average molecular weight is 373 g/mol. The SMILES string of the molecule is CCOC(=O)c1nc(Br)cc(C(F)F)c1CBr. The molecule has 0 aliphatic heterocycles. The van der Waals surface area contributed by atoms with Gasteiger partial charge in [-0.25, -0.2) is 18.6 Å². The Kier molecular flexibility index (Phi) is 5.45. The molecular weight excluding hydrogens is 364 g/mol. The minimum absolute atomic E-state index is 0.0894. The molecule has 7 heteroatoms. The van der Waals surface area contributed by atoms with E-state index in [1.807, 2.05) is 0 Å². The van der Waals surface area contributed by atoms with Crippen LogP contribution in [-0.4, -0.2) is 17.6 Å². The van der Waals surface area contributed by atoms with Gasteiger partial charge < -0.3 is 4.74 Å². The van der Waals surface area contributed by atoms with E-state index in [1.165, 1.54) is 6.07 Å². The number of rotatable bonds is 4. The number of nitrogens with zero attached hydrogens (tertiary/aromatic N) is 1. The summed E-state index contributed by atoms with van der Waals surface area (Å²) in [7, 11) is 0. The van der Waals surface area contributed by atoms with Crippen LogP contribution in [0.2, 0.25) is 0 Å². The highest BCUT2D eigenvalue weighted by atomic mass is 79.9. The predicted molar refractivity (Wildman–Crippen MR) is 65.5 cm³/mol. The van der Waals surface area contributed by atoms with Gasteiger partial charge in [0.1, 0.15) is 4.60 Å². The van der Waals surface area contributed by atoms with Gasteiger partial charge in [0.2, 0.25) is 0 Å². The third-order valence-corrected chi connectivity index (χ3v) is 2.93. The lowest BCUT2D eigenvalue weighted by Crippen LogP contribution is -2.12. The van der Waals surface area contributed by atoms with Crippen LogP contribution in [0.5, 0.6) is 0 Å². The van der Waals surface area contributed by atoms with Crippen LogP contribution in [0.4, 0.5) is 8.78 Å². The Labute approximate surface area is 114 Å². The van der Waals surface area contributed by atoms with Gasteiger partial charge in [0, 0.05) is 16.5 Å². The van der Waals surface area contributed by atoms with Gasteiger partial charge in [-0.15, -0.1) is 0 Å². The lowest BCUT2D eigenvalue weighted by atomic mass is 10.1. The molecule has 3 nitrogen and oxygen atoms in total. The molecule has 0 fully saturated rings. The molecule has 0 spiro atoms. The van der Waals surface area contributed by atoms with Gasteiger partial charge in [0.05, 0.1) is 6.61 Å². The number of esters is 1. The van der Waals surface area contributed by atoms with Crippen molar-refractivity contribution in [3.8, 4) is 0 Å². The van der Waals surface area contributed by atoms with Crippen molar-refractivity contribution in [3.63, 3.8) is 0 Å². The number of pyridine rings is 1. The Bertz CT molecular complexity index is 427. The number of alkyl halides is 3. The smallest absolute Gasteiger partial charge is 0.357 e. The van der Waals surface area contributed by atoms with Crippen molar-refractivity contribution in [2.75, 3.05) is 6.61 Å². The van der Waals surface area contributed by atoms with Gasteiger partial charge in [-0.3, -0.25) is 0 Å². The normalized spacial score (nSPS) is 10.7. The molecule has 0 bridgehead atoms. The molecule has 0 saturated heterocycles. The van der Waals surface area contributed by atoms with E-state index in [1.54, 1.807) is 6.92 Å². The second-order valence-corrected chi connectivity index (χ2v) is 4.39. The molecule has 0 unspecified atom stereocenters. The Hall–Kier alpha value is -0.560. The zero-order chi connectivity index (χ0) is 13.0. The third-order valence-electron chi connectivity index (χ3n) is 1.97. The summed E-state index contributed by atoms with van der Waals surface area (Å²) in [5.41, 5.74) is -0.165. The number of aromatic nitrogens is 1. The summed E-state index contributed by atoms with van der Waals surface area (Å²) >= 11 is 6.07. The fourth-order valence-corrected chi connectivity index (χ4v) is 2.28. The molecule has 0 aliphatic carbocycles. The van der Waals surface area contributed by atoms with Gasteiger partial charge in [0.15, 0.2) is 5.69 Å². The molecule has 17 heavy (non-hydrogen) atoms. The summed E-state index contributed by atoms with van der Waals surface area (Å²) < 4.78 is 30.6. The molecular formula is C10H9Br2F2NO2. The molecule has 1 aromatic rings. The van der Waals surface area contributed by atoms with E-state index < -0.39 is 12.4 Å². The van der Waals surface area contributed by atoms with Crippen molar-refractivity contribution in [1.29, 1.82) is 0 Å². The van der Waals surface area contributed by atoms with E-state index in [0.29, 0.717) is 0 Å². The number of carbonyl (C=O) groups excluding carboxylic acids is 1. The first-order valence-corrected chi connectivity index (χ1v) is 6.63. The maximum Gasteiger partial charge on any atom is 0.357 e. The van der Waals surface area contributed by atoms with E-state index in [2.05, 4.69) is 36.8 Å². The van der Waals surface area contributed by atoms with Crippen LogP contribution >= 0.6 is 31.9 Å². The lowest BCUT2D eigenvalue weighted by molar-refractivity contribution is 0.0517. The van der Waals surface area contributed by atoms with E-state index >= 15 is 0 Å². The number of hydrogen-bond acceptors (Lipinski definition) is 3. The monoisotopic (exact) mass is 371 g/mol. The average Bonchev–Trinajstić information content (AvgIpc) is 2.28. The lowest BCUT2D eigenvalue weighted by Gasteiger charge is -2.11. The first kappa shape index (κ1) is 14.5. The molecule has 0 N–H and O–H groups in total. The van der Waals surface area contributed by atoms with Gasteiger partial charge in [-0.2, -0.15) is 0 Å². The molecule has 0 amide bonds. The topological polar surface area (TPSA) is 39.2 Å². The van der Waals surface area contributed by atoms with Crippen molar-refractivity contribution in [2.24, 2.45) is 0 Å². The quantitative estimate of drug-likeness (QED) is 0.457. The minimum Gasteiger partial charge on any atom is -0.461 e. The van der Waals surface area contributed by atoms with Gasteiger partial charge in [0.25, 0.3) is 6.43 Å². The van der Waals surface area contributed by atoms with Crippen molar-refractivity contribution in [2.45, 2.75) is 18.7 Å². The summed E-state index contributed by atoms with van der Waals surface area (Å²) in [5, 5.41) is 0.112.